The number of hydrogen-bond acceptors (Lipinski definition) is 4. The first-order valence-corrected chi connectivity index (χ1v) is 9.09. The quantitative estimate of drug-likeness (QED) is 0.602. The van der Waals surface area contributed by atoms with E-state index in [1.807, 2.05) is 74.5 Å². The van der Waals surface area contributed by atoms with Gasteiger partial charge in [0.2, 0.25) is 5.91 Å². The Bertz CT molecular complexity index is 689. The number of carbonyl (C=O) groups excluding carboxylic acids is 2. The van der Waals surface area contributed by atoms with Crippen LogP contribution in [0.15, 0.2) is 65.6 Å². The van der Waals surface area contributed by atoms with Crippen molar-refractivity contribution in [1.29, 1.82) is 0 Å². The fraction of sp³-hybridized carbons (Fsp3) is 0.300. The average molecular weight is 357 g/mol. The number of thioether (sulfide) groups is 1. The van der Waals surface area contributed by atoms with Gasteiger partial charge in [0.15, 0.2) is 0 Å². The maximum absolute atomic E-state index is 12.8. The van der Waals surface area contributed by atoms with Crippen LogP contribution in [0.4, 0.5) is 0 Å². The molecule has 4 nitrogen and oxygen atoms in total. The lowest BCUT2D eigenvalue weighted by atomic mass is 10.0. The average Bonchev–Trinajstić information content (AvgIpc) is 2.59. The molecule has 2 aromatic carbocycles. The number of nitrogens with one attached hydrogen (secondary N) is 1. The van der Waals surface area contributed by atoms with E-state index < -0.39 is 11.3 Å². The summed E-state index contributed by atoms with van der Waals surface area (Å²) in [7, 11) is 0. The molecule has 0 saturated heterocycles. The third kappa shape index (κ3) is 5.94. The van der Waals surface area contributed by atoms with Gasteiger partial charge in [-0.25, -0.2) is 0 Å². The van der Waals surface area contributed by atoms with Gasteiger partial charge in [-0.15, -0.1) is 11.8 Å². The SMILES string of the molecule is CC(=O)N[C@@H](c1ccccc1)[C@H](Sc1ccccc1)C(=O)OC(C)C. The molecule has 0 aliphatic heterocycles. The maximum Gasteiger partial charge on any atom is 0.322 e. The summed E-state index contributed by atoms with van der Waals surface area (Å²) in [5.41, 5.74) is 0.867. The molecule has 0 bridgehead atoms. The fourth-order valence-electron chi connectivity index (χ4n) is 2.41. The largest absolute Gasteiger partial charge is 0.462 e. The van der Waals surface area contributed by atoms with E-state index in [0.29, 0.717) is 0 Å². The standard InChI is InChI=1S/C20H23NO3S/c1-14(2)24-20(23)19(25-17-12-8-5-9-13-17)18(21-15(3)22)16-10-6-4-7-11-16/h4-14,18-19H,1-3H3,(H,21,22)/t18-,19-/m0/s1. The van der Waals surface area contributed by atoms with Gasteiger partial charge in [0.25, 0.3) is 0 Å². The van der Waals surface area contributed by atoms with Crippen LogP contribution < -0.4 is 5.32 Å². The first-order chi connectivity index (χ1) is 12.0. The first-order valence-electron chi connectivity index (χ1n) is 8.21. The van der Waals surface area contributed by atoms with Crippen LogP contribution in [0.5, 0.6) is 0 Å². The van der Waals surface area contributed by atoms with Gasteiger partial charge in [0, 0.05) is 11.8 Å². The van der Waals surface area contributed by atoms with Crippen molar-refractivity contribution >= 4 is 23.6 Å². The van der Waals surface area contributed by atoms with Gasteiger partial charge in [-0.05, 0) is 31.5 Å². The van der Waals surface area contributed by atoms with Gasteiger partial charge >= 0.3 is 5.97 Å². The Hall–Kier alpha value is -2.27. The topological polar surface area (TPSA) is 55.4 Å². The highest BCUT2D eigenvalue weighted by atomic mass is 32.2. The third-order valence-corrected chi connectivity index (χ3v) is 4.67. The normalized spacial score (nSPS) is 13.1. The molecular weight excluding hydrogens is 334 g/mol. The summed E-state index contributed by atoms with van der Waals surface area (Å²) >= 11 is 1.39. The highest BCUT2D eigenvalue weighted by Crippen LogP contribution is 2.33. The summed E-state index contributed by atoms with van der Waals surface area (Å²) in [6, 6.07) is 18.7. The van der Waals surface area contributed by atoms with E-state index in [1.165, 1.54) is 18.7 Å². The van der Waals surface area contributed by atoms with Crippen molar-refractivity contribution in [3.05, 3.63) is 66.2 Å². The monoisotopic (exact) mass is 357 g/mol. The maximum atomic E-state index is 12.8. The summed E-state index contributed by atoms with van der Waals surface area (Å²) in [4.78, 5) is 25.5. The van der Waals surface area contributed by atoms with Gasteiger partial charge in [-0.1, -0.05) is 48.5 Å². The van der Waals surface area contributed by atoms with Gasteiger partial charge in [0.1, 0.15) is 5.25 Å². The van der Waals surface area contributed by atoms with Crippen LogP contribution >= 0.6 is 11.8 Å². The van der Waals surface area contributed by atoms with Crippen LogP contribution in [0.1, 0.15) is 32.4 Å². The predicted molar refractivity (Wildman–Crippen MR) is 100 cm³/mol. The number of carbonyl (C=O) groups is 2. The van der Waals surface area contributed by atoms with E-state index in [4.69, 9.17) is 4.74 Å². The Labute approximate surface area is 153 Å². The highest BCUT2D eigenvalue weighted by molar-refractivity contribution is 8.00. The Balaban J connectivity index is 2.37. The number of rotatable bonds is 7. The second kappa shape index (κ2) is 9.28. The minimum atomic E-state index is -0.587. The van der Waals surface area contributed by atoms with Crippen LogP contribution in [0.2, 0.25) is 0 Å². The van der Waals surface area contributed by atoms with E-state index in [-0.39, 0.29) is 18.0 Å². The van der Waals surface area contributed by atoms with Gasteiger partial charge < -0.3 is 10.1 Å². The smallest absolute Gasteiger partial charge is 0.322 e. The van der Waals surface area contributed by atoms with E-state index in [2.05, 4.69) is 5.32 Å². The Morgan fingerprint density at radius 3 is 2.04 bits per heavy atom. The van der Waals surface area contributed by atoms with Crippen LogP contribution in [0.3, 0.4) is 0 Å². The molecule has 0 heterocycles. The molecule has 2 atom stereocenters. The molecule has 132 valence electrons. The van der Waals surface area contributed by atoms with Crippen molar-refractivity contribution < 1.29 is 14.3 Å². The molecule has 1 N–H and O–H groups in total. The molecule has 5 heteroatoms. The van der Waals surface area contributed by atoms with Crippen molar-refractivity contribution in [2.45, 2.75) is 43.1 Å². The Morgan fingerprint density at radius 1 is 0.960 bits per heavy atom. The molecule has 0 spiro atoms. The van der Waals surface area contributed by atoms with Crippen LogP contribution in [0.25, 0.3) is 0 Å². The third-order valence-electron chi connectivity index (χ3n) is 3.41. The van der Waals surface area contributed by atoms with Crippen LogP contribution in [-0.2, 0) is 14.3 Å². The van der Waals surface area contributed by atoms with Crippen molar-refractivity contribution in [1.82, 2.24) is 5.32 Å². The van der Waals surface area contributed by atoms with Gasteiger partial charge in [-0.3, -0.25) is 9.59 Å². The lowest BCUT2D eigenvalue weighted by Gasteiger charge is -2.27. The zero-order chi connectivity index (χ0) is 18.2. The van der Waals surface area contributed by atoms with Crippen molar-refractivity contribution in [3.63, 3.8) is 0 Å². The highest BCUT2D eigenvalue weighted by Gasteiger charge is 2.33. The second-order valence-corrected chi connectivity index (χ2v) is 7.14. The summed E-state index contributed by atoms with van der Waals surface area (Å²) in [6.07, 6.45) is -0.222. The Kier molecular flexibility index (Phi) is 7.07. The molecule has 2 rings (SSSR count). The van der Waals surface area contributed by atoms with Crippen molar-refractivity contribution in [3.8, 4) is 0 Å². The minimum absolute atomic E-state index is 0.190. The zero-order valence-corrected chi connectivity index (χ0v) is 15.5. The molecule has 0 saturated carbocycles. The summed E-state index contributed by atoms with van der Waals surface area (Å²) in [5.74, 6) is -0.531. The number of ether oxygens (including phenoxy) is 1. The number of esters is 1. The molecule has 0 radical (unpaired) electrons. The second-order valence-electron chi connectivity index (χ2n) is 5.93. The summed E-state index contributed by atoms with van der Waals surface area (Å²) in [5, 5.41) is 2.32. The van der Waals surface area contributed by atoms with E-state index in [9.17, 15) is 9.59 Å². The van der Waals surface area contributed by atoms with Crippen LogP contribution in [0, 0.1) is 0 Å². The molecule has 1 amide bonds. The molecule has 0 aliphatic rings. The van der Waals surface area contributed by atoms with E-state index in [0.717, 1.165) is 10.5 Å². The van der Waals surface area contributed by atoms with Gasteiger partial charge in [-0.2, -0.15) is 0 Å². The molecule has 25 heavy (non-hydrogen) atoms. The molecule has 2 aromatic rings. The predicted octanol–water partition coefficient (Wildman–Crippen LogP) is 3.98. The molecule has 0 aromatic heterocycles. The zero-order valence-electron chi connectivity index (χ0n) is 14.6. The van der Waals surface area contributed by atoms with E-state index >= 15 is 0 Å². The molecule has 0 fully saturated rings. The van der Waals surface area contributed by atoms with E-state index in [1.54, 1.807) is 0 Å². The lowest BCUT2D eigenvalue weighted by molar-refractivity contribution is -0.147. The van der Waals surface area contributed by atoms with Gasteiger partial charge in [0.05, 0.1) is 12.1 Å². The Morgan fingerprint density at radius 2 is 1.52 bits per heavy atom. The fourth-order valence-corrected chi connectivity index (χ4v) is 3.53. The number of benzene rings is 2. The number of hydrogen-bond donors (Lipinski definition) is 1. The van der Waals surface area contributed by atoms with Crippen molar-refractivity contribution in [2.24, 2.45) is 0 Å². The summed E-state index contributed by atoms with van der Waals surface area (Å²) in [6.45, 7) is 5.09. The van der Waals surface area contributed by atoms with Crippen LogP contribution in [-0.4, -0.2) is 23.2 Å². The minimum Gasteiger partial charge on any atom is -0.462 e. The molecule has 0 unspecified atom stereocenters. The first kappa shape index (κ1) is 19.1. The lowest BCUT2D eigenvalue weighted by Crippen LogP contribution is -2.39. The molecular formula is C20H23NO3S. The number of amides is 1. The molecule has 0 aliphatic carbocycles. The van der Waals surface area contributed by atoms with Crippen molar-refractivity contribution in [2.75, 3.05) is 0 Å². The summed E-state index contributed by atoms with van der Waals surface area (Å²) < 4.78 is 5.46.